The van der Waals surface area contributed by atoms with Gasteiger partial charge in [-0.15, -0.1) is 0 Å². The Kier molecular flexibility index (Phi) is 6.87. The fourth-order valence-corrected chi connectivity index (χ4v) is 3.21. The Morgan fingerprint density at radius 1 is 1.03 bits per heavy atom. The van der Waals surface area contributed by atoms with Crippen LogP contribution in [0.3, 0.4) is 0 Å². The topological polar surface area (TPSA) is 90.3 Å². The molecule has 1 aromatic heterocycles. The molecule has 30 heavy (non-hydrogen) atoms. The van der Waals surface area contributed by atoms with E-state index in [0.717, 1.165) is 5.56 Å². The number of carbonyl (C=O) groups excluding carboxylic acids is 3. The maximum atomic E-state index is 12.4. The van der Waals surface area contributed by atoms with E-state index in [0.29, 0.717) is 16.3 Å². The number of nitrogens with zero attached hydrogens (tertiary/aromatic N) is 2. The molecule has 9 heteroatoms. The fourth-order valence-electron chi connectivity index (χ4n) is 2.71. The third-order valence-electron chi connectivity index (χ3n) is 4.17. The van der Waals surface area contributed by atoms with Gasteiger partial charge in [-0.3, -0.25) is 14.9 Å². The molecule has 0 aliphatic carbocycles. The highest BCUT2D eigenvalue weighted by molar-refractivity contribution is 6.33. The average molecular weight is 446 g/mol. The van der Waals surface area contributed by atoms with Crippen LogP contribution in [0.25, 0.3) is 0 Å². The van der Waals surface area contributed by atoms with Gasteiger partial charge in [0.25, 0.3) is 11.8 Å². The van der Waals surface area contributed by atoms with Crippen molar-refractivity contribution in [3.63, 3.8) is 0 Å². The van der Waals surface area contributed by atoms with Gasteiger partial charge in [-0.05, 0) is 30.7 Å². The summed E-state index contributed by atoms with van der Waals surface area (Å²) in [6.07, 6.45) is 0. The van der Waals surface area contributed by atoms with Crippen molar-refractivity contribution in [1.29, 1.82) is 0 Å². The van der Waals surface area contributed by atoms with Crippen molar-refractivity contribution in [1.82, 2.24) is 15.1 Å². The highest BCUT2D eigenvalue weighted by Crippen LogP contribution is 2.24. The highest BCUT2D eigenvalue weighted by atomic mass is 35.5. The molecule has 0 radical (unpaired) electrons. The van der Waals surface area contributed by atoms with Gasteiger partial charge >= 0.3 is 5.97 Å². The molecule has 0 aliphatic rings. The number of aryl methyl sites for hydroxylation is 1. The minimum absolute atomic E-state index is 0.0471. The molecule has 0 aliphatic heterocycles. The Balaban J connectivity index is 1.63. The van der Waals surface area contributed by atoms with Crippen molar-refractivity contribution < 1.29 is 19.1 Å². The quantitative estimate of drug-likeness (QED) is 0.584. The first-order valence-corrected chi connectivity index (χ1v) is 9.65. The minimum Gasteiger partial charge on any atom is -0.452 e. The number of benzene rings is 2. The number of ether oxygens (including phenoxy) is 1. The van der Waals surface area contributed by atoms with Crippen LogP contribution in [0.4, 0.5) is 0 Å². The molecular weight excluding hydrogens is 429 g/mol. The summed E-state index contributed by atoms with van der Waals surface area (Å²) < 4.78 is 6.43. The summed E-state index contributed by atoms with van der Waals surface area (Å²) in [4.78, 5) is 36.3. The molecule has 154 valence electrons. The molecule has 2 aromatic carbocycles. The maximum Gasteiger partial charge on any atom is 0.343 e. The first-order valence-electron chi connectivity index (χ1n) is 8.89. The third kappa shape index (κ3) is 5.06. The summed E-state index contributed by atoms with van der Waals surface area (Å²) in [6.45, 7) is 1.23. The van der Waals surface area contributed by atoms with Crippen LogP contribution < -0.4 is 5.32 Å². The first kappa shape index (κ1) is 21.5. The SMILES string of the molecule is Cc1nn(Cc2ccccc2Cl)c(Cl)c1C(=O)OCC(=O)NC(=O)c1ccccc1. The Hall–Kier alpha value is -3.16. The molecule has 0 bridgehead atoms. The number of rotatable bonds is 6. The molecule has 0 fully saturated rings. The van der Waals surface area contributed by atoms with Crippen LogP contribution in [0.2, 0.25) is 10.2 Å². The van der Waals surface area contributed by atoms with Crippen LogP contribution in [0, 0.1) is 6.92 Å². The van der Waals surface area contributed by atoms with E-state index in [1.165, 1.54) is 4.68 Å². The van der Waals surface area contributed by atoms with E-state index >= 15 is 0 Å². The minimum atomic E-state index is -0.815. The van der Waals surface area contributed by atoms with Gasteiger partial charge in [-0.2, -0.15) is 5.10 Å². The predicted molar refractivity (Wildman–Crippen MR) is 112 cm³/mol. The van der Waals surface area contributed by atoms with E-state index in [2.05, 4.69) is 10.4 Å². The van der Waals surface area contributed by atoms with Crippen molar-refractivity contribution in [2.24, 2.45) is 0 Å². The monoisotopic (exact) mass is 445 g/mol. The van der Waals surface area contributed by atoms with E-state index in [4.69, 9.17) is 27.9 Å². The number of aromatic nitrogens is 2. The molecule has 3 rings (SSSR count). The maximum absolute atomic E-state index is 12.4. The Morgan fingerprint density at radius 3 is 2.40 bits per heavy atom. The highest BCUT2D eigenvalue weighted by Gasteiger charge is 2.23. The number of esters is 1. The van der Waals surface area contributed by atoms with Gasteiger partial charge in [0.2, 0.25) is 0 Å². The summed E-state index contributed by atoms with van der Waals surface area (Å²) in [5.74, 6) is -2.15. The molecule has 0 saturated carbocycles. The lowest BCUT2D eigenvalue weighted by molar-refractivity contribution is -0.123. The lowest BCUT2D eigenvalue weighted by Crippen LogP contribution is -2.34. The van der Waals surface area contributed by atoms with Crippen molar-refractivity contribution in [3.8, 4) is 0 Å². The zero-order chi connectivity index (χ0) is 21.7. The second kappa shape index (κ2) is 9.56. The lowest BCUT2D eigenvalue weighted by atomic mass is 10.2. The van der Waals surface area contributed by atoms with Crippen LogP contribution in [0.15, 0.2) is 54.6 Å². The van der Waals surface area contributed by atoms with E-state index in [1.54, 1.807) is 49.4 Å². The Morgan fingerprint density at radius 2 is 1.70 bits per heavy atom. The van der Waals surface area contributed by atoms with Crippen molar-refractivity contribution >= 4 is 41.0 Å². The fraction of sp³-hybridized carbons (Fsp3) is 0.143. The number of nitrogens with one attached hydrogen (secondary N) is 1. The van der Waals surface area contributed by atoms with Gasteiger partial charge < -0.3 is 4.74 Å². The molecule has 2 amide bonds. The summed E-state index contributed by atoms with van der Waals surface area (Å²) in [5, 5.41) is 7.02. The van der Waals surface area contributed by atoms with Gasteiger partial charge in [0, 0.05) is 10.6 Å². The summed E-state index contributed by atoms with van der Waals surface area (Å²) >= 11 is 12.5. The second-order valence-corrected chi connectivity index (χ2v) is 7.08. The van der Waals surface area contributed by atoms with Crippen LogP contribution in [-0.4, -0.2) is 34.2 Å². The van der Waals surface area contributed by atoms with Crippen molar-refractivity contribution in [2.45, 2.75) is 13.5 Å². The molecule has 1 heterocycles. The summed E-state index contributed by atoms with van der Waals surface area (Å²) in [6, 6.07) is 15.4. The number of amides is 2. The number of carbonyl (C=O) groups is 3. The molecule has 0 spiro atoms. The van der Waals surface area contributed by atoms with E-state index < -0.39 is 24.4 Å². The van der Waals surface area contributed by atoms with Crippen LogP contribution in [-0.2, 0) is 16.1 Å². The molecule has 0 saturated heterocycles. The zero-order valence-electron chi connectivity index (χ0n) is 15.9. The smallest absolute Gasteiger partial charge is 0.343 e. The number of hydrogen-bond acceptors (Lipinski definition) is 5. The molecule has 0 unspecified atom stereocenters. The van der Waals surface area contributed by atoms with Crippen molar-refractivity contribution in [2.75, 3.05) is 6.61 Å². The van der Waals surface area contributed by atoms with Crippen LogP contribution >= 0.6 is 23.2 Å². The molecular formula is C21H17Cl2N3O4. The normalized spacial score (nSPS) is 10.5. The van der Waals surface area contributed by atoms with Gasteiger partial charge in [0.05, 0.1) is 12.2 Å². The summed E-state index contributed by atoms with van der Waals surface area (Å²) in [5.41, 5.74) is 1.49. The third-order valence-corrected chi connectivity index (χ3v) is 4.92. The lowest BCUT2D eigenvalue weighted by Gasteiger charge is -2.07. The number of imide groups is 1. The molecule has 7 nitrogen and oxygen atoms in total. The summed E-state index contributed by atoms with van der Waals surface area (Å²) in [7, 11) is 0. The van der Waals surface area contributed by atoms with E-state index in [1.807, 2.05) is 12.1 Å². The van der Waals surface area contributed by atoms with Gasteiger partial charge in [-0.25, -0.2) is 9.48 Å². The van der Waals surface area contributed by atoms with Crippen LogP contribution in [0.1, 0.15) is 32.0 Å². The number of hydrogen-bond donors (Lipinski definition) is 1. The van der Waals surface area contributed by atoms with Gasteiger partial charge in [0.1, 0.15) is 10.7 Å². The van der Waals surface area contributed by atoms with Crippen LogP contribution in [0.5, 0.6) is 0 Å². The number of halogens is 2. The largest absolute Gasteiger partial charge is 0.452 e. The average Bonchev–Trinajstić information content (AvgIpc) is 3.01. The first-order chi connectivity index (χ1) is 14.4. The Labute approximate surface area is 182 Å². The van der Waals surface area contributed by atoms with Crippen molar-refractivity contribution in [3.05, 3.63) is 87.2 Å². The predicted octanol–water partition coefficient (Wildman–Crippen LogP) is 3.66. The molecule has 0 atom stereocenters. The van der Waals surface area contributed by atoms with E-state index in [-0.39, 0.29) is 17.3 Å². The van der Waals surface area contributed by atoms with Gasteiger partial charge in [-0.1, -0.05) is 59.6 Å². The Bertz CT molecular complexity index is 1100. The molecule has 1 N–H and O–H groups in total. The standard InChI is InChI=1S/C21H17Cl2N3O4/c1-13-18(19(23)26(25-13)11-15-9-5-6-10-16(15)22)21(29)30-12-17(27)24-20(28)14-7-3-2-4-8-14/h2-10H,11-12H2,1H3,(H,24,27,28). The molecule has 3 aromatic rings. The second-order valence-electron chi connectivity index (χ2n) is 6.32. The van der Waals surface area contributed by atoms with Gasteiger partial charge in [0.15, 0.2) is 6.61 Å². The zero-order valence-corrected chi connectivity index (χ0v) is 17.4. The van der Waals surface area contributed by atoms with E-state index in [9.17, 15) is 14.4 Å².